The molecule has 2 aromatic heterocycles. The first-order valence-corrected chi connectivity index (χ1v) is 7.90. The number of nitrogens with zero attached hydrogens (tertiary/aromatic N) is 2. The predicted molar refractivity (Wildman–Crippen MR) is 82.0 cm³/mol. The van der Waals surface area contributed by atoms with Crippen LogP contribution in [0.15, 0.2) is 35.0 Å². The molecule has 2 heterocycles. The number of imidazole rings is 1. The van der Waals surface area contributed by atoms with Crippen LogP contribution in [0.5, 0.6) is 0 Å². The largest absolute Gasteiger partial charge is 0.324 e. The highest BCUT2D eigenvalue weighted by atomic mass is 35.5. The summed E-state index contributed by atoms with van der Waals surface area (Å²) in [5.74, 6) is 0.863. The average molecular weight is 309 g/mol. The van der Waals surface area contributed by atoms with Crippen LogP contribution >= 0.6 is 22.9 Å². The van der Waals surface area contributed by atoms with Crippen LogP contribution in [0.2, 0.25) is 0 Å². The van der Waals surface area contributed by atoms with Gasteiger partial charge in [0.15, 0.2) is 0 Å². The van der Waals surface area contributed by atoms with Crippen molar-refractivity contribution in [3.63, 3.8) is 0 Å². The lowest BCUT2D eigenvalue weighted by Crippen LogP contribution is -2.11. The fraction of sp³-hybridized carbons (Fsp3) is 0.267. The maximum atomic E-state index is 13.5. The van der Waals surface area contributed by atoms with Gasteiger partial charge in [-0.3, -0.25) is 0 Å². The van der Waals surface area contributed by atoms with Gasteiger partial charge in [0.25, 0.3) is 0 Å². The molecule has 2 nitrogen and oxygen atoms in total. The zero-order valence-corrected chi connectivity index (χ0v) is 12.6. The van der Waals surface area contributed by atoms with Crippen molar-refractivity contribution in [2.45, 2.75) is 25.3 Å². The van der Waals surface area contributed by atoms with Crippen LogP contribution in [-0.2, 0) is 12.3 Å². The Kier molecular flexibility index (Phi) is 3.76. The van der Waals surface area contributed by atoms with E-state index in [4.69, 9.17) is 11.6 Å². The number of fused-ring (bicyclic) bond motifs is 1. The Labute approximate surface area is 125 Å². The molecule has 0 aliphatic rings. The van der Waals surface area contributed by atoms with Gasteiger partial charge in [-0.25, -0.2) is 9.37 Å². The van der Waals surface area contributed by atoms with E-state index in [1.54, 1.807) is 17.4 Å². The molecular weight excluding hydrogens is 295 g/mol. The van der Waals surface area contributed by atoms with Crippen molar-refractivity contribution < 1.29 is 4.39 Å². The van der Waals surface area contributed by atoms with Crippen LogP contribution in [0.3, 0.4) is 0 Å². The molecule has 3 aromatic rings. The Bertz CT molecular complexity index is 721. The Morgan fingerprint density at radius 3 is 2.95 bits per heavy atom. The summed E-state index contributed by atoms with van der Waals surface area (Å²) in [4.78, 5) is 4.49. The maximum Gasteiger partial charge on any atom is 0.125 e. The highest BCUT2D eigenvalue weighted by molar-refractivity contribution is 7.07. The average Bonchev–Trinajstić information content (AvgIpc) is 3.04. The molecular formula is C15H14ClFN2S. The summed E-state index contributed by atoms with van der Waals surface area (Å²) >= 11 is 7.68. The highest BCUT2D eigenvalue weighted by Gasteiger charge is 2.16. The van der Waals surface area contributed by atoms with Gasteiger partial charge >= 0.3 is 0 Å². The van der Waals surface area contributed by atoms with E-state index in [0.29, 0.717) is 5.88 Å². The monoisotopic (exact) mass is 308 g/mol. The minimum Gasteiger partial charge on any atom is -0.324 e. The summed E-state index contributed by atoms with van der Waals surface area (Å²) in [5, 5.41) is 4.20. The van der Waals surface area contributed by atoms with Gasteiger partial charge in [0.1, 0.15) is 11.6 Å². The van der Waals surface area contributed by atoms with E-state index in [1.165, 1.54) is 17.7 Å². The molecule has 0 aliphatic carbocycles. The number of rotatable bonds is 4. The lowest BCUT2D eigenvalue weighted by Gasteiger charge is -2.16. The van der Waals surface area contributed by atoms with Crippen LogP contribution in [0, 0.1) is 5.82 Å². The first-order valence-electron chi connectivity index (χ1n) is 6.42. The topological polar surface area (TPSA) is 17.8 Å². The second-order valence-electron chi connectivity index (χ2n) is 4.85. The van der Waals surface area contributed by atoms with Gasteiger partial charge < -0.3 is 4.57 Å². The van der Waals surface area contributed by atoms with Crippen molar-refractivity contribution >= 4 is 34.0 Å². The summed E-state index contributed by atoms with van der Waals surface area (Å²) in [6.07, 6.45) is 0.884. The normalized spacial score (nSPS) is 12.9. The van der Waals surface area contributed by atoms with Gasteiger partial charge in [-0.15, -0.1) is 11.6 Å². The molecule has 0 saturated carbocycles. The lowest BCUT2D eigenvalue weighted by molar-refractivity contribution is 0.542. The van der Waals surface area contributed by atoms with Crippen LogP contribution in [0.1, 0.15) is 24.4 Å². The van der Waals surface area contributed by atoms with Crippen LogP contribution in [0.25, 0.3) is 11.0 Å². The maximum absolute atomic E-state index is 13.5. The Balaban J connectivity index is 2.06. The third kappa shape index (κ3) is 2.45. The molecule has 0 N–H and O–H groups in total. The molecule has 0 amide bonds. The molecule has 5 heteroatoms. The zero-order valence-electron chi connectivity index (χ0n) is 11.0. The molecule has 0 spiro atoms. The van der Waals surface area contributed by atoms with Crippen LogP contribution in [0.4, 0.5) is 4.39 Å². The van der Waals surface area contributed by atoms with Gasteiger partial charge in [0.2, 0.25) is 0 Å². The van der Waals surface area contributed by atoms with E-state index in [-0.39, 0.29) is 11.9 Å². The minimum absolute atomic E-state index is 0.185. The molecule has 0 saturated heterocycles. The van der Waals surface area contributed by atoms with Crippen LogP contribution < -0.4 is 0 Å². The summed E-state index contributed by atoms with van der Waals surface area (Å²) in [6, 6.07) is 6.96. The molecule has 20 heavy (non-hydrogen) atoms. The first-order chi connectivity index (χ1) is 9.69. The number of hydrogen-bond acceptors (Lipinski definition) is 2. The number of halogens is 2. The van der Waals surface area contributed by atoms with Crippen molar-refractivity contribution in [1.29, 1.82) is 0 Å². The summed E-state index contributed by atoms with van der Waals surface area (Å²) in [7, 11) is 0. The highest BCUT2D eigenvalue weighted by Crippen LogP contribution is 2.26. The molecule has 1 atom stereocenters. The van der Waals surface area contributed by atoms with Crippen molar-refractivity contribution in [3.05, 3.63) is 52.2 Å². The zero-order chi connectivity index (χ0) is 14.1. The molecule has 0 radical (unpaired) electrons. The van der Waals surface area contributed by atoms with E-state index >= 15 is 0 Å². The number of hydrogen-bond donors (Lipinski definition) is 0. The second kappa shape index (κ2) is 5.54. The molecule has 1 unspecified atom stereocenters. The van der Waals surface area contributed by atoms with E-state index in [2.05, 4.69) is 28.7 Å². The van der Waals surface area contributed by atoms with Gasteiger partial charge in [0.05, 0.1) is 16.9 Å². The lowest BCUT2D eigenvalue weighted by atomic mass is 10.1. The van der Waals surface area contributed by atoms with E-state index < -0.39 is 0 Å². The summed E-state index contributed by atoms with van der Waals surface area (Å²) in [6.45, 7) is 2.11. The fourth-order valence-electron chi connectivity index (χ4n) is 2.54. The van der Waals surface area contributed by atoms with Crippen molar-refractivity contribution in [2.24, 2.45) is 0 Å². The number of aromatic nitrogens is 2. The van der Waals surface area contributed by atoms with Crippen LogP contribution in [-0.4, -0.2) is 9.55 Å². The smallest absolute Gasteiger partial charge is 0.125 e. The SMILES string of the molecule is CC(Cc1ccsc1)n1c(CCl)nc2ccc(F)cc21. The van der Waals surface area contributed by atoms with Gasteiger partial charge in [-0.05, 0) is 53.9 Å². The fourth-order valence-corrected chi connectivity index (χ4v) is 3.41. The molecule has 1 aromatic carbocycles. The molecule has 3 rings (SSSR count). The third-order valence-corrected chi connectivity index (χ3v) is 4.37. The molecule has 104 valence electrons. The van der Waals surface area contributed by atoms with Gasteiger partial charge in [-0.1, -0.05) is 0 Å². The predicted octanol–water partition coefficient (Wildman–Crippen LogP) is 4.78. The Morgan fingerprint density at radius 1 is 1.40 bits per heavy atom. The molecule has 0 bridgehead atoms. The summed E-state index contributed by atoms with van der Waals surface area (Å²) in [5.41, 5.74) is 2.88. The quantitative estimate of drug-likeness (QED) is 0.634. The number of alkyl halides is 1. The third-order valence-electron chi connectivity index (χ3n) is 3.40. The Hall–Kier alpha value is -1.39. The Morgan fingerprint density at radius 2 is 2.25 bits per heavy atom. The molecule has 0 fully saturated rings. The summed E-state index contributed by atoms with van der Waals surface area (Å²) < 4.78 is 15.5. The number of benzene rings is 1. The van der Waals surface area contributed by atoms with Gasteiger partial charge in [-0.2, -0.15) is 11.3 Å². The van der Waals surface area contributed by atoms with E-state index in [9.17, 15) is 4.39 Å². The van der Waals surface area contributed by atoms with Crippen molar-refractivity contribution in [3.8, 4) is 0 Å². The standard InChI is InChI=1S/C15H14ClFN2S/c1-10(6-11-4-5-20-9-11)19-14-7-12(17)2-3-13(14)18-15(19)8-16/h2-5,7,9-10H,6,8H2,1H3. The first kappa shape index (κ1) is 13.6. The van der Waals surface area contributed by atoms with Gasteiger partial charge in [0, 0.05) is 6.04 Å². The molecule has 0 aliphatic heterocycles. The van der Waals surface area contributed by atoms with Crippen molar-refractivity contribution in [1.82, 2.24) is 9.55 Å². The van der Waals surface area contributed by atoms with Crippen molar-refractivity contribution in [2.75, 3.05) is 0 Å². The second-order valence-corrected chi connectivity index (χ2v) is 5.90. The van der Waals surface area contributed by atoms with E-state index in [0.717, 1.165) is 23.3 Å². The minimum atomic E-state index is -0.248. The van der Waals surface area contributed by atoms with E-state index in [1.807, 2.05) is 4.57 Å². The number of thiophene rings is 1.